The largest absolute Gasteiger partial charge is 0.349 e. The summed E-state index contributed by atoms with van der Waals surface area (Å²) in [6.07, 6.45) is 5.12. The van der Waals surface area contributed by atoms with Crippen LogP contribution in [-0.2, 0) is 4.79 Å². The topological polar surface area (TPSA) is 29.1 Å². The van der Waals surface area contributed by atoms with Crippen molar-refractivity contribution in [2.45, 2.75) is 0 Å². The third-order valence-electron chi connectivity index (χ3n) is 1.69. The number of carbonyl (C=O) groups is 1. The predicted molar refractivity (Wildman–Crippen MR) is 58.7 cm³/mol. The highest BCUT2D eigenvalue weighted by Gasteiger charge is 1.88. The molecule has 0 saturated carbocycles. The lowest BCUT2D eigenvalue weighted by Crippen LogP contribution is -2.20. The fourth-order valence-electron chi connectivity index (χ4n) is 0.991. The zero-order valence-corrected chi connectivity index (χ0v) is 7.94. The molecule has 1 rings (SSSR count). The van der Waals surface area contributed by atoms with Crippen LogP contribution in [0.1, 0.15) is 5.56 Å². The Kier molecular flexibility index (Phi) is 4.21. The lowest BCUT2D eigenvalue weighted by atomic mass is 10.2. The van der Waals surface area contributed by atoms with Crippen molar-refractivity contribution in [2.24, 2.45) is 0 Å². The Morgan fingerprint density at radius 3 is 2.71 bits per heavy atom. The number of amides is 1. The number of hydrogen-bond acceptors (Lipinski definition) is 1. The Morgan fingerprint density at radius 2 is 2.07 bits per heavy atom. The van der Waals surface area contributed by atoms with Crippen LogP contribution >= 0.6 is 0 Å². The van der Waals surface area contributed by atoms with Gasteiger partial charge in [0.1, 0.15) is 0 Å². The molecule has 0 aliphatic rings. The molecule has 0 fully saturated rings. The van der Waals surface area contributed by atoms with Crippen LogP contribution in [0.3, 0.4) is 0 Å². The van der Waals surface area contributed by atoms with Crippen LogP contribution in [0.15, 0.2) is 49.1 Å². The number of nitrogens with one attached hydrogen (secondary N) is 1. The van der Waals surface area contributed by atoms with E-state index in [-0.39, 0.29) is 5.91 Å². The first kappa shape index (κ1) is 10.3. The molecule has 72 valence electrons. The average Bonchev–Trinajstić information content (AvgIpc) is 2.25. The minimum Gasteiger partial charge on any atom is -0.349 e. The molecule has 1 amide bonds. The summed E-state index contributed by atoms with van der Waals surface area (Å²) in [6, 6.07) is 9.93. The highest BCUT2D eigenvalue weighted by molar-refractivity contribution is 5.86. The summed E-state index contributed by atoms with van der Waals surface area (Å²) in [7, 11) is 0. The van der Waals surface area contributed by atoms with Crippen molar-refractivity contribution >= 4 is 12.0 Å². The first-order valence-corrected chi connectivity index (χ1v) is 4.45. The van der Waals surface area contributed by atoms with Gasteiger partial charge in [0, 0.05) is 6.54 Å². The molecule has 2 nitrogen and oxygen atoms in total. The smallest absolute Gasteiger partial charge is 0.243 e. The number of hydrogen-bond donors (Lipinski definition) is 1. The molecule has 0 bridgehead atoms. The minimum absolute atomic E-state index is 0.150. The Hall–Kier alpha value is -1.83. The molecule has 0 unspecified atom stereocenters. The summed E-state index contributed by atoms with van der Waals surface area (Å²) in [6.45, 7) is 3.89. The van der Waals surface area contributed by atoms with E-state index in [9.17, 15) is 4.79 Å². The van der Waals surface area contributed by atoms with Gasteiger partial charge in [-0.3, -0.25) is 4.79 Å². The highest BCUT2D eigenvalue weighted by atomic mass is 16.1. The van der Waals surface area contributed by atoms with Gasteiger partial charge in [-0.1, -0.05) is 49.1 Å². The second-order valence-corrected chi connectivity index (χ2v) is 2.76. The van der Waals surface area contributed by atoms with Gasteiger partial charge in [-0.2, -0.15) is 0 Å². The van der Waals surface area contributed by atoms with Crippen LogP contribution < -0.4 is 5.32 Å². The van der Waals surface area contributed by atoms with Crippen LogP contribution in [0.25, 0.3) is 6.08 Å². The van der Waals surface area contributed by atoms with Gasteiger partial charge in [0.15, 0.2) is 0 Å². The van der Waals surface area contributed by atoms with E-state index < -0.39 is 0 Å². The maximum Gasteiger partial charge on any atom is 0.243 e. The summed E-state index contributed by atoms with van der Waals surface area (Å²) < 4.78 is 0. The van der Waals surface area contributed by atoms with E-state index >= 15 is 0 Å². The quantitative estimate of drug-likeness (QED) is 0.718. The molecule has 1 N–H and O–H groups in total. The van der Waals surface area contributed by atoms with Gasteiger partial charge in [0.2, 0.25) is 5.91 Å². The van der Waals surface area contributed by atoms with Crippen molar-refractivity contribution in [1.29, 1.82) is 0 Å². The number of benzene rings is 1. The SMILES string of the molecule is C=CC(=O)NC/C=C/c1ccccc1. The number of rotatable bonds is 4. The van der Waals surface area contributed by atoms with Crippen LogP contribution in [0.4, 0.5) is 0 Å². The van der Waals surface area contributed by atoms with Crippen molar-refractivity contribution in [3.8, 4) is 0 Å². The maximum absolute atomic E-state index is 10.8. The molecule has 0 heterocycles. The molecule has 14 heavy (non-hydrogen) atoms. The molecule has 0 aromatic heterocycles. The zero-order chi connectivity index (χ0) is 10.2. The fraction of sp³-hybridized carbons (Fsp3) is 0.0833. The van der Waals surface area contributed by atoms with Crippen molar-refractivity contribution in [3.05, 3.63) is 54.6 Å². The Labute approximate surface area is 84.0 Å². The summed E-state index contributed by atoms with van der Waals surface area (Å²) in [5, 5.41) is 2.66. The number of carbonyl (C=O) groups excluding carboxylic acids is 1. The Bertz CT molecular complexity index is 327. The summed E-state index contributed by atoms with van der Waals surface area (Å²) in [4.78, 5) is 10.8. The average molecular weight is 187 g/mol. The Balaban J connectivity index is 2.35. The van der Waals surface area contributed by atoms with Gasteiger partial charge >= 0.3 is 0 Å². The molecule has 0 aliphatic carbocycles. The second kappa shape index (κ2) is 5.75. The molecule has 2 heteroatoms. The van der Waals surface area contributed by atoms with E-state index in [2.05, 4.69) is 11.9 Å². The molecular weight excluding hydrogens is 174 g/mol. The van der Waals surface area contributed by atoms with E-state index in [0.717, 1.165) is 5.56 Å². The van der Waals surface area contributed by atoms with Crippen molar-refractivity contribution in [3.63, 3.8) is 0 Å². The van der Waals surface area contributed by atoms with Crippen molar-refractivity contribution < 1.29 is 4.79 Å². The zero-order valence-electron chi connectivity index (χ0n) is 7.94. The van der Waals surface area contributed by atoms with Gasteiger partial charge in [-0.05, 0) is 11.6 Å². The first-order chi connectivity index (χ1) is 6.83. The van der Waals surface area contributed by atoms with Crippen LogP contribution in [0.2, 0.25) is 0 Å². The molecule has 1 aromatic carbocycles. The van der Waals surface area contributed by atoms with Crippen molar-refractivity contribution in [1.82, 2.24) is 5.32 Å². The van der Waals surface area contributed by atoms with Gasteiger partial charge in [0.05, 0.1) is 0 Å². The second-order valence-electron chi connectivity index (χ2n) is 2.76. The van der Waals surface area contributed by atoms with Gasteiger partial charge in [-0.25, -0.2) is 0 Å². The molecule has 0 aliphatic heterocycles. The van der Waals surface area contributed by atoms with Crippen LogP contribution in [0.5, 0.6) is 0 Å². The van der Waals surface area contributed by atoms with E-state index in [4.69, 9.17) is 0 Å². The molecule has 0 atom stereocenters. The fourth-order valence-corrected chi connectivity index (χ4v) is 0.991. The van der Waals surface area contributed by atoms with E-state index in [0.29, 0.717) is 6.54 Å². The molecule has 1 aromatic rings. The summed E-state index contributed by atoms with van der Waals surface area (Å²) >= 11 is 0. The summed E-state index contributed by atoms with van der Waals surface area (Å²) in [5.41, 5.74) is 1.13. The molecular formula is C12H13NO. The van der Waals surface area contributed by atoms with Crippen LogP contribution in [0, 0.1) is 0 Å². The standard InChI is InChI=1S/C12H13NO/c1-2-12(14)13-10-6-9-11-7-4-3-5-8-11/h2-9H,1,10H2,(H,13,14)/b9-6+. The van der Waals surface area contributed by atoms with Gasteiger partial charge in [0.25, 0.3) is 0 Å². The van der Waals surface area contributed by atoms with Gasteiger partial charge in [-0.15, -0.1) is 0 Å². The molecule has 0 spiro atoms. The normalized spacial score (nSPS) is 10.0. The first-order valence-electron chi connectivity index (χ1n) is 4.45. The Morgan fingerprint density at radius 1 is 1.36 bits per heavy atom. The highest BCUT2D eigenvalue weighted by Crippen LogP contribution is 1.99. The maximum atomic E-state index is 10.8. The van der Waals surface area contributed by atoms with E-state index in [1.807, 2.05) is 42.5 Å². The predicted octanol–water partition coefficient (Wildman–Crippen LogP) is 2.00. The summed E-state index contributed by atoms with van der Waals surface area (Å²) in [5.74, 6) is -0.150. The lowest BCUT2D eigenvalue weighted by Gasteiger charge is -1.95. The van der Waals surface area contributed by atoms with Crippen LogP contribution in [-0.4, -0.2) is 12.5 Å². The minimum atomic E-state index is -0.150. The lowest BCUT2D eigenvalue weighted by molar-refractivity contribution is -0.116. The van der Waals surface area contributed by atoms with E-state index in [1.165, 1.54) is 6.08 Å². The monoisotopic (exact) mass is 187 g/mol. The molecule has 0 saturated heterocycles. The van der Waals surface area contributed by atoms with Gasteiger partial charge < -0.3 is 5.32 Å². The molecule has 0 radical (unpaired) electrons. The third-order valence-corrected chi connectivity index (χ3v) is 1.69. The van der Waals surface area contributed by atoms with Crippen molar-refractivity contribution in [2.75, 3.05) is 6.54 Å². The third kappa shape index (κ3) is 3.72. The van der Waals surface area contributed by atoms with E-state index in [1.54, 1.807) is 0 Å².